The molecule has 0 N–H and O–H groups in total. The van der Waals surface area contributed by atoms with E-state index >= 15 is 0 Å². The van der Waals surface area contributed by atoms with Crippen molar-refractivity contribution in [3.05, 3.63) is 21.3 Å². The Labute approximate surface area is 107 Å². The number of halogens is 1. The maximum Gasteiger partial charge on any atom is 0.0931 e. The van der Waals surface area contributed by atoms with E-state index in [9.17, 15) is 0 Å². The van der Waals surface area contributed by atoms with E-state index in [0.717, 1.165) is 17.2 Å². The van der Waals surface area contributed by atoms with Crippen LogP contribution in [-0.2, 0) is 6.42 Å². The summed E-state index contributed by atoms with van der Waals surface area (Å²) < 4.78 is 0.897. The van der Waals surface area contributed by atoms with Crippen LogP contribution in [0.1, 0.15) is 37.5 Å². The van der Waals surface area contributed by atoms with Gasteiger partial charge in [0.15, 0.2) is 0 Å². The molecular formula is C14H17ClS. The summed E-state index contributed by atoms with van der Waals surface area (Å²) in [5, 5.41) is 0. The summed E-state index contributed by atoms with van der Waals surface area (Å²) in [5.41, 5.74) is 0.459. The summed E-state index contributed by atoms with van der Waals surface area (Å²) in [5.74, 6) is 3.44. The minimum atomic E-state index is 0.459. The van der Waals surface area contributed by atoms with Crippen LogP contribution in [0.2, 0.25) is 4.34 Å². The molecule has 1 unspecified atom stereocenters. The summed E-state index contributed by atoms with van der Waals surface area (Å²) >= 11 is 7.69. The van der Waals surface area contributed by atoms with Crippen molar-refractivity contribution in [2.75, 3.05) is 0 Å². The predicted molar refractivity (Wildman–Crippen MR) is 71.9 cm³/mol. The molecule has 1 aliphatic carbocycles. The Balaban J connectivity index is 2.08. The average molecular weight is 253 g/mol. The molecule has 1 saturated carbocycles. The Bertz CT molecular complexity index is 395. The molecule has 2 rings (SSSR count). The Morgan fingerprint density at radius 1 is 1.56 bits per heavy atom. The molecule has 0 spiro atoms. The molecule has 1 atom stereocenters. The summed E-state index contributed by atoms with van der Waals surface area (Å²) in [6.07, 6.45) is 11.5. The maximum absolute atomic E-state index is 5.98. The second-order valence-corrected chi connectivity index (χ2v) is 6.71. The van der Waals surface area contributed by atoms with Crippen LogP contribution in [0.25, 0.3) is 0 Å². The summed E-state index contributed by atoms with van der Waals surface area (Å²) in [6, 6.07) is 4.16. The standard InChI is InChI=1S/C14H17ClS/c1-3-5-11(2)14(8-4-9-14)10-12-6-7-13(15)16-12/h1,6-7,11H,4-5,8-10H2,2H3. The van der Waals surface area contributed by atoms with Gasteiger partial charge in [-0.25, -0.2) is 0 Å². The molecule has 0 amide bonds. The Morgan fingerprint density at radius 3 is 2.75 bits per heavy atom. The molecule has 1 aliphatic rings. The fourth-order valence-electron chi connectivity index (χ4n) is 2.66. The van der Waals surface area contributed by atoms with Gasteiger partial charge in [0, 0.05) is 11.3 Å². The topological polar surface area (TPSA) is 0 Å². The van der Waals surface area contributed by atoms with Crippen molar-refractivity contribution in [3.8, 4) is 12.3 Å². The third-order valence-corrected chi connectivity index (χ3v) is 5.21. The summed E-state index contributed by atoms with van der Waals surface area (Å²) in [6.45, 7) is 2.30. The van der Waals surface area contributed by atoms with Crippen molar-refractivity contribution >= 4 is 22.9 Å². The zero-order valence-electron chi connectivity index (χ0n) is 9.63. The number of rotatable bonds is 4. The quantitative estimate of drug-likeness (QED) is 0.677. The van der Waals surface area contributed by atoms with Gasteiger partial charge in [-0.1, -0.05) is 24.9 Å². The molecule has 0 bridgehead atoms. The Morgan fingerprint density at radius 2 is 2.31 bits per heavy atom. The highest BCUT2D eigenvalue weighted by atomic mass is 35.5. The van der Waals surface area contributed by atoms with E-state index in [2.05, 4.69) is 18.9 Å². The molecule has 1 fully saturated rings. The van der Waals surface area contributed by atoms with Crippen LogP contribution in [0.3, 0.4) is 0 Å². The molecular weight excluding hydrogens is 236 g/mol. The molecule has 0 saturated heterocycles. The highest BCUT2D eigenvalue weighted by molar-refractivity contribution is 7.16. The van der Waals surface area contributed by atoms with Gasteiger partial charge in [-0.3, -0.25) is 0 Å². The predicted octanol–water partition coefficient (Wildman–Crippen LogP) is 4.77. The van der Waals surface area contributed by atoms with Crippen LogP contribution in [-0.4, -0.2) is 0 Å². The third-order valence-electron chi connectivity index (χ3n) is 3.97. The van der Waals surface area contributed by atoms with Crippen LogP contribution in [0.5, 0.6) is 0 Å². The van der Waals surface area contributed by atoms with Crippen LogP contribution >= 0.6 is 22.9 Å². The molecule has 16 heavy (non-hydrogen) atoms. The van der Waals surface area contributed by atoms with Gasteiger partial charge in [0.2, 0.25) is 0 Å². The molecule has 0 aliphatic heterocycles. The van der Waals surface area contributed by atoms with Gasteiger partial charge in [-0.05, 0) is 42.7 Å². The Hall–Kier alpha value is -0.450. The monoisotopic (exact) mass is 252 g/mol. The number of hydrogen-bond acceptors (Lipinski definition) is 1. The second kappa shape index (κ2) is 4.82. The SMILES string of the molecule is C#CCC(C)C1(Cc2ccc(Cl)s2)CCC1. The second-order valence-electron chi connectivity index (χ2n) is 4.91. The molecule has 0 aromatic carbocycles. The van der Waals surface area contributed by atoms with E-state index in [4.69, 9.17) is 18.0 Å². The molecule has 2 heteroatoms. The van der Waals surface area contributed by atoms with Gasteiger partial charge < -0.3 is 0 Å². The smallest absolute Gasteiger partial charge is 0.0931 e. The van der Waals surface area contributed by atoms with Crippen LogP contribution in [0, 0.1) is 23.7 Å². The van der Waals surface area contributed by atoms with Gasteiger partial charge in [-0.2, -0.15) is 0 Å². The fourth-order valence-corrected chi connectivity index (χ4v) is 3.90. The van der Waals surface area contributed by atoms with Crippen molar-refractivity contribution in [1.29, 1.82) is 0 Å². The highest BCUT2D eigenvalue weighted by Gasteiger charge is 2.41. The molecule has 1 aromatic rings. The van der Waals surface area contributed by atoms with Gasteiger partial charge in [0.1, 0.15) is 0 Å². The Kier molecular flexibility index (Phi) is 3.62. The number of hydrogen-bond donors (Lipinski definition) is 0. The van der Waals surface area contributed by atoms with Crippen LogP contribution in [0.15, 0.2) is 12.1 Å². The molecule has 1 aromatic heterocycles. The van der Waals surface area contributed by atoms with Crippen molar-refractivity contribution in [1.82, 2.24) is 0 Å². The van der Waals surface area contributed by atoms with Gasteiger partial charge in [-0.15, -0.1) is 23.7 Å². The lowest BCUT2D eigenvalue weighted by Gasteiger charge is -2.46. The zero-order valence-corrected chi connectivity index (χ0v) is 11.2. The van der Waals surface area contributed by atoms with E-state index in [-0.39, 0.29) is 0 Å². The maximum atomic E-state index is 5.98. The minimum absolute atomic E-state index is 0.459. The lowest BCUT2D eigenvalue weighted by Crippen LogP contribution is -2.37. The van der Waals surface area contributed by atoms with Crippen molar-refractivity contribution < 1.29 is 0 Å². The van der Waals surface area contributed by atoms with Crippen molar-refractivity contribution in [2.45, 2.75) is 39.0 Å². The van der Waals surface area contributed by atoms with Gasteiger partial charge in [0.25, 0.3) is 0 Å². The van der Waals surface area contributed by atoms with E-state index in [1.54, 1.807) is 11.3 Å². The van der Waals surface area contributed by atoms with Gasteiger partial charge in [0.05, 0.1) is 4.34 Å². The van der Waals surface area contributed by atoms with E-state index in [1.807, 2.05) is 6.07 Å². The first-order valence-electron chi connectivity index (χ1n) is 5.84. The lowest BCUT2D eigenvalue weighted by molar-refractivity contribution is 0.0624. The normalized spacial score (nSPS) is 19.8. The van der Waals surface area contributed by atoms with Gasteiger partial charge >= 0.3 is 0 Å². The van der Waals surface area contributed by atoms with E-state index in [1.165, 1.54) is 24.1 Å². The summed E-state index contributed by atoms with van der Waals surface area (Å²) in [7, 11) is 0. The highest BCUT2D eigenvalue weighted by Crippen LogP contribution is 2.51. The summed E-state index contributed by atoms with van der Waals surface area (Å²) in [4.78, 5) is 1.41. The van der Waals surface area contributed by atoms with E-state index in [0.29, 0.717) is 11.3 Å². The molecule has 0 radical (unpaired) electrons. The first kappa shape index (κ1) is 12.0. The number of terminal acetylenes is 1. The van der Waals surface area contributed by atoms with Crippen molar-refractivity contribution in [2.24, 2.45) is 11.3 Å². The lowest BCUT2D eigenvalue weighted by atomic mass is 9.59. The fraction of sp³-hybridized carbons (Fsp3) is 0.571. The molecule has 0 nitrogen and oxygen atoms in total. The molecule has 1 heterocycles. The van der Waals surface area contributed by atoms with Crippen molar-refractivity contribution in [3.63, 3.8) is 0 Å². The first-order chi connectivity index (χ1) is 7.66. The minimum Gasteiger partial charge on any atom is -0.128 e. The number of thiophene rings is 1. The average Bonchev–Trinajstić information content (AvgIpc) is 2.58. The first-order valence-corrected chi connectivity index (χ1v) is 7.03. The third kappa shape index (κ3) is 2.29. The largest absolute Gasteiger partial charge is 0.128 e. The van der Waals surface area contributed by atoms with Crippen LogP contribution in [0.4, 0.5) is 0 Å². The van der Waals surface area contributed by atoms with Crippen LogP contribution < -0.4 is 0 Å². The zero-order chi connectivity index (χ0) is 11.6. The van der Waals surface area contributed by atoms with E-state index < -0.39 is 0 Å². The molecule has 86 valence electrons.